The minimum atomic E-state index is -0.301. The van der Waals surface area contributed by atoms with Gasteiger partial charge < -0.3 is 0 Å². The van der Waals surface area contributed by atoms with Crippen LogP contribution in [0, 0.1) is 0 Å². The Bertz CT molecular complexity index is 1000. The van der Waals surface area contributed by atoms with E-state index < -0.39 is 0 Å². The lowest BCUT2D eigenvalue weighted by Gasteiger charge is -2.08. The van der Waals surface area contributed by atoms with Crippen molar-refractivity contribution in [3.8, 4) is 0 Å². The van der Waals surface area contributed by atoms with E-state index >= 15 is 0 Å². The highest BCUT2D eigenvalue weighted by Gasteiger charge is 2.13. The Morgan fingerprint density at radius 1 is 1.11 bits per heavy atom. The third-order valence-electron chi connectivity index (χ3n) is 3.90. The van der Waals surface area contributed by atoms with Crippen molar-refractivity contribution >= 4 is 52.9 Å². The van der Waals surface area contributed by atoms with Crippen LogP contribution < -0.4 is 5.32 Å². The molecule has 0 spiro atoms. The summed E-state index contributed by atoms with van der Waals surface area (Å²) in [6.45, 7) is 2.60. The Balaban J connectivity index is 1.67. The Labute approximate surface area is 177 Å². The van der Waals surface area contributed by atoms with Crippen LogP contribution in [0.2, 0.25) is 10.0 Å². The summed E-state index contributed by atoms with van der Waals surface area (Å²) in [4.78, 5) is 12.3. The molecule has 0 aliphatic carbocycles. The summed E-state index contributed by atoms with van der Waals surface area (Å²) in [5, 5.41) is 13.1. The van der Waals surface area contributed by atoms with E-state index in [0.29, 0.717) is 28.4 Å². The van der Waals surface area contributed by atoms with Crippen molar-refractivity contribution in [2.75, 3.05) is 5.32 Å². The van der Waals surface area contributed by atoms with Crippen molar-refractivity contribution in [1.29, 1.82) is 0 Å². The molecule has 1 aromatic heterocycles. The summed E-state index contributed by atoms with van der Waals surface area (Å²) in [5.74, 6) is 0.765. The standard InChI is InChI=1S/C20H18Cl2N4OS/c1-2-26-19(23-18(27)12-11-14-7-3-5-9-16(14)21)24-25-20(26)28-13-15-8-4-6-10-17(15)22/h3-12H,2,13H2,1H3,(H,23,24,27)/b12-11+. The average Bonchev–Trinajstić information content (AvgIpc) is 3.08. The van der Waals surface area contributed by atoms with E-state index in [-0.39, 0.29) is 5.91 Å². The number of aromatic nitrogens is 3. The van der Waals surface area contributed by atoms with E-state index in [4.69, 9.17) is 23.2 Å². The molecular weight excluding hydrogens is 415 g/mol. The van der Waals surface area contributed by atoms with Crippen molar-refractivity contribution in [2.45, 2.75) is 24.4 Å². The van der Waals surface area contributed by atoms with Gasteiger partial charge in [-0.2, -0.15) is 0 Å². The minimum Gasteiger partial charge on any atom is -0.291 e. The molecule has 0 aliphatic rings. The zero-order chi connectivity index (χ0) is 19.9. The van der Waals surface area contributed by atoms with Crippen LogP contribution in [0.15, 0.2) is 59.8 Å². The number of carbonyl (C=O) groups excluding carboxylic acids is 1. The lowest BCUT2D eigenvalue weighted by atomic mass is 10.2. The third-order valence-corrected chi connectivity index (χ3v) is 5.63. The summed E-state index contributed by atoms with van der Waals surface area (Å²) in [6, 6.07) is 15.0. The number of hydrogen-bond donors (Lipinski definition) is 1. The second-order valence-electron chi connectivity index (χ2n) is 5.77. The van der Waals surface area contributed by atoms with Gasteiger partial charge in [0.25, 0.3) is 5.91 Å². The molecule has 1 N–H and O–H groups in total. The minimum absolute atomic E-state index is 0.301. The highest BCUT2D eigenvalue weighted by molar-refractivity contribution is 7.98. The van der Waals surface area contributed by atoms with E-state index in [1.165, 1.54) is 17.8 Å². The largest absolute Gasteiger partial charge is 0.291 e. The fraction of sp³-hybridized carbons (Fsp3) is 0.150. The van der Waals surface area contributed by atoms with Gasteiger partial charge in [-0.15, -0.1) is 10.2 Å². The number of hydrogen-bond acceptors (Lipinski definition) is 4. The number of carbonyl (C=O) groups is 1. The summed E-state index contributed by atoms with van der Waals surface area (Å²) < 4.78 is 1.85. The van der Waals surface area contributed by atoms with Crippen molar-refractivity contribution < 1.29 is 4.79 Å². The molecule has 1 heterocycles. The number of halogens is 2. The summed E-state index contributed by atoms with van der Waals surface area (Å²) in [5.41, 5.74) is 1.79. The maximum atomic E-state index is 12.3. The maximum absolute atomic E-state index is 12.3. The smallest absolute Gasteiger partial charge is 0.250 e. The Hall–Kier alpha value is -2.28. The molecule has 0 bridgehead atoms. The molecule has 2 aromatic carbocycles. The van der Waals surface area contributed by atoms with E-state index in [1.807, 2.05) is 54.0 Å². The van der Waals surface area contributed by atoms with Crippen LogP contribution in [-0.4, -0.2) is 20.7 Å². The summed E-state index contributed by atoms with van der Waals surface area (Å²) >= 11 is 13.8. The quantitative estimate of drug-likeness (QED) is 0.392. The number of nitrogens with one attached hydrogen (secondary N) is 1. The zero-order valence-electron chi connectivity index (χ0n) is 15.1. The SMILES string of the molecule is CCn1c(NC(=O)/C=C/c2ccccc2Cl)nnc1SCc1ccccc1Cl. The molecule has 0 saturated heterocycles. The van der Waals surface area contributed by atoms with Gasteiger partial charge in [0.15, 0.2) is 5.16 Å². The van der Waals surface area contributed by atoms with Gasteiger partial charge in [-0.25, -0.2) is 0 Å². The number of rotatable bonds is 7. The topological polar surface area (TPSA) is 59.8 Å². The third kappa shape index (κ3) is 5.16. The van der Waals surface area contributed by atoms with Gasteiger partial charge in [0.2, 0.25) is 5.95 Å². The van der Waals surface area contributed by atoms with Crippen molar-refractivity contribution in [1.82, 2.24) is 14.8 Å². The molecule has 28 heavy (non-hydrogen) atoms. The first-order valence-electron chi connectivity index (χ1n) is 8.61. The summed E-state index contributed by atoms with van der Waals surface area (Å²) in [6.07, 6.45) is 3.09. The van der Waals surface area contributed by atoms with E-state index in [1.54, 1.807) is 12.1 Å². The van der Waals surface area contributed by atoms with Crippen LogP contribution in [0.25, 0.3) is 6.08 Å². The fourth-order valence-electron chi connectivity index (χ4n) is 2.46. The molecule has 0 atom stereocenters. The molecule has 0 aliphatic heterocycles. The molecule has 0 unspecified atom stereocenters. The zero-order valence-corrected chi connectivity index (χ0v) is 17.4. The van der Waals surface area contributed by atoms with E-state index in [9.17, 15) is 4.79 Å². The molecule has 0 saturated carbocycles. The van der Waals surface area contributed by atoms with Crippen LogP contribution in [0.3, 0.4) is 0 Å². The molecular formula is C20H18Cl2N4OS. The number of nitrogens with zero attached hydrogens (tertiary/aromatic N) is 3. The van der Waals surface area contributed by atoms with Gasteiger partial charge >= 0.3 is 0 Å². The molecule has 144 valence electrons. The Morgan fingerprint density at radius 2 is 1.82 bits per heavy atom. The van der Waals surface area contributed by atoms with Crippen molar-refractivity contribution in [3.63, 3.8) is 0 Å². The van der Waals surface area contributed by atoms with Crippen molar-refractivity contribution in [3.05, 3.63) is 75.8 Å². The van der Waals surface area contributed by atoms with Crippen LogP contribution in [0.5, 0.6) is 0 Å². The highest BCUT2D eigenvalue weighted by Crippen LogP contribution is 2.27. The first-order valence-corrected chi connectivity index (χ1v) is 10.4. The molecule has 3 aromatic rings. The monoisotopic (exact) mass is 432 g/mol. The first-order chi connectivity index (χ1) is 13.6. The average molecular weight is 433 g/mol. The molecule has 3 rings (SSSR count). The second-order valence-corrected chi connectivity index (χ2v) is 7.53. The number of benzene rings is 2. The van der Waals surface area contributed by atoms with Gasteiger partial charge in [0.05, 0.1) is 0 Å². The molecule has 1 amide bonds. The van der Waals surface area contributed by atoms with Gasteiger partial charge in [-0.3, -0.25) is 14.7 Å². The normalized spacial score (nSPS) is 11.1. The highest BCUT2D eigenvalue weighted by atomic mass is 35.5. The Morgan fingerprint density at radius 3 is 2.54 bits per heavy atom. The van der Waals surface area contributed by atoms with E-state index in [0.717, 1.165) is 16.1 Å². The maximum Gasteiger partial charge on any atom is 0.250 e. The number of amides is 1. The summed E-state index contributed by atoms with van der Waals surface area (Å²) in [7, 11) is 0. The molecule has 5 nitrogen and oxygen atoms in total. The fourth-order valence-corrected chi connectivity index (χ4v) is 3.95. The second kappa shape index (κ2) is 9.78. The van der Waals surface area contributed by atoms with E-state index in [2.05, 4.69) is 15.5 Å². The van der Waals surface area contributed by atoms with Crippen LogP contribution >= 0.6 is 35.0 Å². The van der Waals surface area contributed by atoms with Gasteiger partial charge in [-0.1, -0.05) is 71.4 Å². The number of thioether (sulfide) groups is 1. The molecule has 0 radical (unpaired) electrons. The van der Waals surface area contributed by atoms with Crippen LogP contribution in [-0.2, 0) is 17.1 Å². The first kappa shape index (κ1) is 20.5. The lowest BCUT2D eigenvalue weighted by Crippen LogP contribution is -2.13. The van der Waals surface area contributed by atoms with Crippen LogP contribution in [0.4, 0.5) is 5.95 Å². The predicted molar refractivity (Wildman–Crippen MR) is 116 cm³/mol. The predicted octanol–water partition coefficient (Wildman–Crippen LogP) is 5.55. The number of anilines is 1. The molecule has 8 heteroatoms. The van der Waals surface area contributed by atoms with Gasteiger partial charge in [0, 0.05) is 28.4 Å². The van der Waals surface area contributed by atoms with Gasteiger partial charge in [-0.05, 0) is 36.3 Å². The lowest BCUT2D eigenvalue weighted by molar-refractivity contribution is -0.111. The molecule has 0 fully saturated rings. The van der Waals surface area contributed by atoms with Crippen molar-refractivity contribution in [2.24, 2.45) is 0 Å². The van der Waals surface area contributed by atoms with Gasteiger partial charge in [0.1, 0.15) is 0 Å². The van der Waals surface area contributed by atoms with Crippen LogP contribution in [0.1, 0.15) is 18.1 Å². The Kier molecular flexibility index (Phi) is 7.14.